The summed E-state index contributed by atoms with van der Waals surface area (Å²) in [6, 6.07) is 5.80. The second-order valence-electron chi connectivity index (χ2n) is 13.4. The molecule has 0 spiro atoms. The smallest absolute Gasteiger partial charge is 0.389 e. The maximum atomic E-state index is 13.1. The molecule has 4 rings (SSSR count). The van der Waals surface area contributed by atoms with Crippen LogP contribution in [-0.2, 0) is 44.1 Å². The molecule has 0 saturated heterocycles. The average Bonchev–Trinajstić information content (AvgIpc) is 3.72. The van der Waals surface area contributed by atoms with Crippen molar-refractivity contribution in [2.24, 2.45) is 40.7 Å². The van der Waals surface area contributed by atoms with Gasteiger partial charge in [-0.05, 0) is 73.8 Å². The largest absolute Gasteiger partial charge is 0.541 e. The molecule has 275 valence electrons. The molecule has 3 N–H and O–H groups in total. The number of primary amides is 1. The number of nitrogens with two attached hydrogens (primary N) is 1. The number of ether oxygens (including phenoxy) is 3. The Bertz CT molecular complexity index is 1300. The first-order chi connectivity index (χ1) is 22.8. The number of carbonyl (C=O) groups excluding carboxylic acids is 3. The third-order valence-electron chi connectivity index (χ3n) is 9.19. The number of methoxy groups -OCH3 is 3. The van der Waals surface area contributed by atoms with E-state index < -0.39 is 36.0 Å². The summed E-state index contributed by atoms with van der Waals surface area (Å²) in [5.41, 5.74) is 6.23. The molecule has 1 aromatic heterocycles. The molecule has 1 heterocycles. The van der Waals surface area contributed by atoms with E-state index in [4.69, 9.17) is 24.0 Å². The summed E-state index contributed by atoms with van der Waals surface area (Å²) in [6.45, 7) is 4.93. The molecule has 0 bridgehead atoms. The van der Waals surface area contributed by atoms with Crippen molar-refractivity contribution < 1.29 is 60.3 Å². The molecule has 2 amide bonds. The zero-order valence-corrected chi connectivity index (χ0v) is 30.8. The van der Waals surface area contributed by atoms with Gasteiger partial charge in [0, 0.05) is 50.3 Å². The number of alkyl halides is 3. The minimum absolute atomic E-state index is 0. The van der Waals surface area contributed by atoms with E-state index in [0.717, 1.165) is 53.1 Å². The number of aryl methyl sites for hydroxylation is 1. The number of aromatic nitrogens is 2. The van der Waals surface area contributed by atoms with Gasteiger partial charge in [-0.3, -0.25) is 15.9 Å². The molecule has 1 aromatic carbocycles. The average molecular weight is 733 g/mol. The molecule has 5 unspecified atom stereocenters. The van der Waals surface area contributed by atoms with Crippen LogP contribution in [0.1, 0.15) is 77.8 Å². The number of nitrogens with zero attached hydrogens (tertiary/aromatic N) is 2. The Kier molecular flexibility index (Phi) is 19.2. The van der Waals surface area contributed by atoms with Crippen molar-refractivity contribution in [2.45, 2.75) is 90.8 Å². The van der Waals surface area contributed by atoms with Gasteiger partial charge < -0.3 is 30.1 Å². The SMILES string of the molecule is CO[C@H](C([C-]=O)C(CCNC=O)C(F)(F)F)C(C)(C)C.COc1ccc2nc(CCCCCC3CCC4CC34)c(OC)nc2c1.NC=O.[V]. The number of rotatable bonds is 16. The van der Waals surface area contributed by atoms with Crippen LogP contribution in [0.5, 0.6) is 11.6 Å². The Labute approximate surface area is 300 Å². The van der Waals surface area contributed by atoms with Crippen LogP contribution in [0.2, 0.25) is 0 Å². The molecular weight excluding hydrogens is 680 g/mol. The van der Waals surface area contributed by atoms with Crippen molar-refractivity contribution >= 4 is 30.1 Å². The van der Waals surface area contributed by atoms with Gasteiger partial charge in [-0.1, -0.05) is 40.0 Å². The molecule has 2 aliphatic carbocycles. The van der Waals surface area contributed by atoms with Crippen LogP contribution in [0.15, 0.2) is 18.2 Å². The van der Waals surface area contributed by atoms with E-state index in [1.54, 1.807) is 35.0 Å². The van der Waals surface area contributed by atoms with Gasteiger partial charge in [0.25, 0.3) is 0 Å². The van der Waals surface area contributed by atoms with Crippen molar-refractivity contribution in [2.75, 3.05) is 27.9 Å². The van der Waals surface area contributed by atoms with Crippen LogP contribution in [0, 0.1) is 35.0 Å². The number of hydrogen-bond acceptors (Lipinski definition) is 8. The third-order valence-corrected chi connectivity index (χ3v) is 9.19. The van der Waals surface area contributed by atoms with E-state index in [-0.39, 0.29) is 31.5 Å². The Morgan fingerprint density at radius 2 is 1.73 bits per heavy atom. The van der Waals surface area contributed by atoms with Gasteiger partial charge in [0.2, 0.25) is 18.7 Å². The Hall–Kier alpha value is -2.90. The molecule has 2 fully saturated rings. The second-order valence-corrected chi connectivity index (χ2v) is 13.4. The molecule has 14 heteroatoms. The molecule has 10 nitrogen and oxygen atoms in total. The molecule has 49 heavy (non-hydrogen) atoms. The number of carbonyl (C=O) groups is 2. The van der Waals surface area contributed by atoms with Gasteiger partial charge >= 0.3 is 6.18 Å². The van der Waals surface area contributed by atoms with Gasteiger partial charge in [-0.25, -0.2) is 9.97 Å². The van der Waals surface area contributed by atoms with Crippen LogP contribution in [0.25, 0.3) is 11.0 Å². The number of unbranched alkanes of at least 4 members (excludes halogenated alkanes) is 2. The van der Waals surface area contributed by atoms with Gasteiger partial charge in [-0.2, -0.15) is 13.2 Å². The minimum atomic E-state index is -4.56. The topological polar surface area (TPSA) is 143 Å². The third kappa shape index (κ3) is 13.7. The zero-order valence-electron chi connectivity index (χ0n) is 29.4. The zero-order chi connectivity index (χ0) is 35.9. The Balaban J connectivity index is 0.000000457. The monoisotopic (exact) mass is 732 g/mol. The van der Waals surface area contributed by atoms with E-state index in [2.05, 4.69) is 16.0 Å². The summed E-state index contributed by atoms with van der Waals surface area (Å²) < 4.78 is 55.2. The molecule has 1 radical (unpaired) electrons. The number of hydrogen-bond donors (Lipinski definition) is 2. The summed E-state index contributed by atoms with van der Waals surface area (Å²) in [7, 11) is 4.61. The van der Waals surface area contributed by atoms with E-state index in [0.29, 0.717) is 12.3 Å². The first-order valence-electron chi connectivity index (χ1n) is 16.5. The van der Waals surface area contributed by atoms with Crippen LogP contribution < -0.4 is 20.5 Å². The van der Waals surface area contributed by atoms with E-state index >= 15 is 0 Å². The predicted molar refractivity (Wildman–Crippen MR) is 177 cm³/mol. The molecule has 6 atom stereocenters. The maximum absolute atomic E-state index is 13.1. The van der Waals surface area contributed by atoms with Gasteiger partial charge in [0.05, 0.1) is 25.3 Å². The summed E-state index contributed by atoms with van der Waals surface area (Å²) in [5.74, 6) is 1.35. The summed E-state index contributed by atoms with van der Waals surface area (Å²) in [6.07, 6.45) is 6.87. The first kappa shape index (κ1) is 44.1. The predicted octanol–water partition coefficient (Wildman–Crippen LogP) is 5.98. The standard InChI is InChI=1S/C21H28N2O2.C13H21F3NO3.CH3NO.V/c1-24-16-10-11-18-20(13-16)23-21(25-2)19(22-18)7-5-3-4-6-14-8-9-15-12-17(14)15;1-12(2,3)11(20-4)9(7-18)10(13(14,15)16)5-6-17-8-19;2-1-3;/h10-11,13-15,17H,3-9,12H2,1-2H3;8-11H,5-6H2,1-4H3,(H,17,19);1H,(H2,2,3);/q;-1;;/t;9?,10?,11-;;/m.1../s1. The first-order valence-corrected chi connectivity index (χ1v) is 16.5. The minimum Gasteiger partial charge on any atom is -0.541 e. The van der Waals surface area contributed by atoms with E-state index in [1.165, 1.54) is 51.9 Å². The summed E-state index contributed by atoms with van der Waals surface area (Å²) in [5, 5.41) is 2.17. The van der Waals surface area contributed by atoms with Crippen molar-refractivity contribution in [3.8, 4) is 11.6 Å². The van der Waals surface area contributed by atoms with Crippen LogP contribution in [0.4, 0.5) is 13.2 Å². The van der Waals surface area contributed by atoms with Gasteiger partial charge in [-0.15, -0.1) is 5.92 Å². The molecule has 2 aromatic rings. The van der Waals surface area contributed by atoms with Crippen molar-refractivity contribution in [1.29, 1.82) is 0 Å². The second kappa shape index (κ2) is 21.4. The number of nitrogens with one attached hydrogen (secondary N) is 1. The quantitative estimate of drug-likeness (QED) is 0.122. The number of halogens is 3. The normalized spacial score (nSPS) is 19.7. The number of amides is 2. The Morgan fingerprint density at radius 3 is 2.22 bits per heavy atom. The van der Waals surface area contributed by atoms with Crippen LogP contribution in [0.3, 0.4) is 0 Å². The molecule has 2 aliphatic rings. The molecular formula is C35H52F3N4O6V-. The summed E-state index contributed by atoms with van der Waals surface area (Å²) >= 11 is 0. The number of fused-ring (bicyclic) bond motifs is 2. The van der Waals surface area contributed by atoms with E-state index in [1.807, 2.05) is 18.2 Å². The fraction of sp³-hybridized carbons (Fsp3) is 0.686. The van der Waals surface area contributed by atoms with Gasteiger partial charge in [0.15, 0.2) is 0 Å². The van der Waals surface area contributed by atoms with E-state index in [9.17, 15) is 22.8 Å². The molecule has 0 aliphatic heterocycles. The maximum Gasteiger partial charge on any atom is 0.389 e. The number of benzene rings is 1. The fourth-order valence-electron chi connectivity index (χ4n) is 6.80. The van der Waals surface area contributed by atoms with Crippen molar-refractivity contribution in [3.05, 3.63) is 23.9 Å². The fourth-order valence-corrected chi connectivity index (χ4v) is 6.80. The Morgan fingerprint density at radius 1 is 1.04 bits per heavy atom. The van der Waals surface area contributed by atoms with Gasteiger partial charge in [0.1, 0.15) is 11.4 Å². The van der Waals surface area contributed by atoms with Crippen LogP contribution >= 0.6 is 0 Å². The van der Waals surface area contributed by atoms with Crippen molar-refractivity contribution in [1.82, 2.24) is 15.3 Å². The molecule has 2 saturated carbocycles. The summed E-state index contributed by atoms with van der Waals surface area (Å²) in [4.78, 5) is 39.2. The van der Waals surface area contributed by atoms with Crippen molar-refractivity contribution in [3.63, 3.8) is 0 Å². The van der Waals surface area contributed by atoms with Crippen LogP contribution in [-0.4, -0.2) is 69.2 Å².